The van der Waals surface area contributed by atoms with Crippen LogP contribution < -0.4 is 5.32 Å². The van der Waals surface area contributed by atoms with Crippen molar-refractivity contribution in [3.8, 4) is 0 Å². The molecule has 17 heavy (non-hydrogen) atoms. The lowest BCUT2D eigenvalue weighted by Crippen LogP contribution is -2.42. The Morgan fingerprint density at radius 1 is 1.12 bits per heavy atom. The Labute approximate surface area is 106 Å². The smallest absolute Gasteiger partial charge is 0.0586 e. The zero-order valence-corrected chi connectivity index (χ0v) is 11.3. The molecule has 2 aliphatic rings. The number of likely N-dealkylation sites (tertiary alicyclic amines) is 1. The van der Waals surface area contributed by atoms with Crippen molar-refractivity contribution in [2.75, 3.05) is 33.3 Å². The second kappa shape index (κ2) is 7.34. The SMILES string of the molecule is COC1CCCC(NCCN2CCCCC2)C1. The lowest BCUT2D eigenvalue weighted by Gasteiger charge is -2.31. The molecule has 100 valence electrons. The highest BCUT2D eigenvalue weighted by atomic mass is 16.5. The van der Waals surface area contributed by atoms with Crippen LogP contribution in [0, 0.1) is 0 Å². The summed E-state index contributed by atoms with van der Waals surface area (Å²) in [6.45, 7) is 5.01. The largest absolute Gasteiger partial charge is 0.381 e. The molecule has 2 atom stereocenters. The van der Waals surface area contributed by atoms with Gasteiger partial charge >= 0.3 is 0 Å². The van der Waals surface area contributed by atoms with E-state index in [4.69, 9.17) is 4.74 Å². The Morgan fingerprint density at radius 3 is 2.71 bits per heavy atom. The minimum atomic E-state index is 0.497. The van der Waals surface area contributed by atoms with Crippen LogP contribution in [0.3, 0.4) is 0 Å². The number of rotatable bonds is 5. The van der Waals surface area contributed by atoms with Gasteiger partial charge in [-0.05, 0) is 51.6 Å². The second-order valence-electron chi connectivity index (χ2n) is 5.58. The summed E-state index contributed by atoms with van der Waals surface area (Å²) in [7, 11) is 1.85. The molecule has 0 bridgehead atoms. The lowest BCUT2D eigenvalue weighted by atomic mass is 9.93. The van der Waals surface area contributed by atoms with Crippen LogP contribution in [-0.2, 0) is 4.74 Å². The van der Waals surface area contributed by atoms with Crippen LogP contribution in [0.2, 0.25) is 0 Å². The van der Waals surface area contributed by atoms with Crippen molar-refractivity contribution in [2.24, 2.45) is 0 Å². The van der Waals surface area contributed by atoms with Crippen molar-refractivity contribution in [1.29, 1.82) is 0 Å². The van der Waals surface area contributed by atoms with Crippen molar-refractivity contribution >= 4 is 0 Å². The zero-order valence-electron chi connectivity index (χ0n) is 11.3. The first-order chi connectivity index (χ1) is 8.38. The maximum Gasteiger partial charge on any atom is 0.0586 e. The Balaban J connectivity index is 1.57. The summed E-state index contributed by atoms with van der Waals surface area (Å²) in [5, 5.41) is 3.71. The molecule has 2 rings (SSSR count). The summed E-state index contributed by atoms with van der Waals surface area (Å²) < 4.78 is 5.47. The highest BCUT2D eigenvalue weighted by Gasteiger charge is 2.21. The first-order valence-electron chi connectivity index (χ1n) is 7.37. The molecule has 0 aromatic carbocycles. The van der Waals surface area contributed by atoms with Gasteiger partial charge in [-0.2, -0.15) is 0 Å². The third-order valence-electron chi connectivity index (χ3n) is 4.27. The molecule has 1 N–H and O–H groups in total. The fourth-order valence-corrected chi connectivity index (χ4v) is 3.15. The molecule has 3 heteroatoms. The number of hydrogen-bond acceptors (Lipinski definition) is 3. The van der Waals surface area contributed by atoms with E-state index in [0.29, 0.717) is 12.1 Å². The van der Waals surface area contributed by atoms with Gasteiger partial charge in [-0.3, -0.25) is 0 Å². The summed E-state index contributed by atoms with van der Waals surface area (Å²) in [6.07, 6.45) is 9.83. The Bertz CT molecular complexity index is 204. The van der Waals surface area contributed by atoms with Crippen molar-refractivity contribution in [1.82, 2.24) is 10.2 Å². The third kappa shape index (κ3) is 4.57. The number of piperidine rings is 1. The molecule has 3 nitrogen and oxygen atoms in total. The number of nitrogens with zero attached hydrogens (tertiary/aromatic N) is 1. The Kier molecular flexibility index (Phi) is 5.75. The molecular formula is C14H28N2O. The standard InChI is InChI=1S/C14H28N2O/c1-17-14-7-5-6-13(12-14)15-8-11-16-9-3-2-4-10-16/h13-15H,2-12H2,1H3. The van der Waals surface area contributed by atoms with E-state index in [2.05, 4.69) is 10.2 Å². The molecular weight excluding hydrogens is 212 g/mol. The van der Waals surface area contributed by atoms with Gasteiger partial charge in [0.1, 0.15) is 0 Å². The van der Waals surface area contributed by atoms with Crippen LogP contribution >= 0.6 is 0 Å². The molecule has 0 spiro atoms. The minimum absolute atomic E-state index is 0.497. The van der Waals surface area contributed by atoms with Gasteiger partial charge in [0, 0.05) is 26.2 Å². The molecule has 1 saturated heterocycles. The molecule has 1 aliphatic heterocycles. The van der Waals surface area contributed by atoms with Crippen molar-refractivity contribution < 1.29 is 4.74 Å². The summed E-state index contributed by atoms with van der Waals surface area (Å²) in [5.74, 6) is 0. The summed E-state index contributed by atoms with van der Waals surface area (Å²) in [5.41, 5.74) is 0. The molecule has 1 heterocycles. The van der Waals surface area contributed by atoms with Crippen molar-refractivity contribution in [2.45, 2.75) is 57.1 Å². The molecule has 0 amide bonds. The van der Waals surface area contributed by atoms with Gasteiger partial charge in [0.15, 0.2) is 0 Å². The average molecular weight is 240 g/mol. The van der Waals surface area contributed by atoms with E-state index in [-0.39, 0.29) is 0 Å². The maximum absolute atomic E-state index is 5.47. The van der Waals surface area contributed by atoms with Crippen LogP contribution in [0.25, 0.3) is 0 Å². The Morgan fingerprint density at radius 2 is 1.94 bits per heavy atom. The van der Waals surface area contributed by atoms with Gasteiger partial charge in [0.25, 0.3) is 0 Å². The van der Waals surface area contributed by atoms with E-state index in [1.54, 1.807) is 0 Å². The monoisotopic (exact) mass is 240 g/mol. The fourth-order valence-electron chi connectivity index (χ4n) is 3.15. The number of ether oxygens (including phenoxy) is 1. The van der Waals surface area contributed by atoms with E-state index in [1.807, 2.05) is 7.11 Å². The van der Waals surface area contributed by atoms with Crippen LogP contribution in [0.15, 0.2) is 0 Å². The molecule has 2 fully saturated rings. The van der Waals surface area contributed by atoms with Gasteiger partial charge < -0.3 is 15.0 Å². The van der Waals surface area contributed by atoms with E-state index in [0.717, 1.165) is 6.54 Å². The minimum Gasteiger partial charge on any atom is -0.381 e. The molecule has 0 radical (unpaired) electrons. The quantitative estimate of drug-likeness (QED) is 0.795. The van der Waals surface area contributed by atoms with Crippen molar-refractivity contribution in [3.05, 3.63) is 0 Å². The van der Waals surface area contributed by atoms with Crippen LogP contribution in [0.4, 0.5) is 0 Å². The van der Waals surface area contributed by atoms with E-state index in [9.17, 15) is 0 Å². The van der Waals surface area contributed by atoms with E-state index >= 15 is 0 Å². The number of hydrogen-bond donors (Lipinski definition) is 1. The van der Waals surface area contributed by atoms with Gasteiger partial charge in [0.05, 0.1) is 6.10 Å². The predicted molar refractivity (Wildman–Crippen MR) is 71.3 cm³/mol. The zero-order chi connectivity index (χ0) is 11.9. The summed E-state index contributed by atoms with van der Waals surface area (Å²) in [4.78, 5) is 2.60. The third-order valence-corrected chi connectivity index (χ3v) is 4.27. The lowest BCUT2D eigenvalue weighted by molar-refractivity contribution is 0.0583. The van der Waals surface area contributed by atoms with Gasteiger partial charge in [-0.15, -0.1) is 0 Å². The highest BCUT2D eigenvalue weighted by molar-refractivity contribution is 4.78. The van der Waals surface area contributed by atoms with Crippen molar-refractivity contribution in [3.63, 3.8) is 0 Å². The fraction of sp³-hybridized carbons (Fsp3) is 1.00. The van der Waals surface area contributed by atoms with E-state index in [1.165, 1.54) is 64.6 Å². The average Bonchev–Trinajstić information content (AvgIpc) is 2.40. The molecule has 0 aromatic rings. The molecule has 2 unspecified atom stereocenters. The molecule has 0 aromatic heterocycles. The summed E-state index contributed by atoms with van der Waals surface area (Å²) >= 11 is 0. The highest BCUT2D eigenvalue weighted by Crippen LogP contribution is 2.20. The first-order valence-corrected chi connectivity index (χ1v) is 7.37. The number of nitrogens with one attached hydrogen (secondary N) is 1. The maximum atomic E-state index is 5.47. The molecule has 1 saturated carbocycles. The second-order valence-corrected chi connectivity index (χ2v) is 5.58. The normalized spacial score (nSPS) is 31.6. The van der Waals surface area contributed by atoms with Gasteiger partial charge in [0.2, 0.25) is 0 Å². The predicted octanol–water partition coefficient (Wildman–Crippen LogP) is 2.02. The number of methoxy groups -OCH3 is 1. The topological polar surface area (TPSA) is 24.5 Å². The van der Waals surface area contributed by atoms with Crippen LogP contribution in [0.5, 0.6) is 0 Å². The van der Waals surface area contributed by atoms with Gasteiger partial charge in [-0.25, -0.2) is 0 Å². The van der Waals surface area contributed by atoms with Gasteiger partial charge in [-0.1, -0.05) is 6.42 Å². The van der Waals surface area contributed by atoms with Crippen LogP contribution in [-0.4, -0.2) is 50.3 Å². The Hall–Kier alpha value is -0.120. The van der Waals surface area contributed by atoms with Crippen LogP contribution in [0.1, 0.15) is 44.9 Å². The van der Waals surface area contributed by atoms with E-state index < -0.39 is 0 Å². The summed E-state index contributed by atoms with van der Waals surface area (Å²) in [6, 6.07) is 0.693. The first kappa shape index (κ1) is 13.3. The molecule has 1 aliphatic carbocycles.